The average Bonchev–Trinajstić information content (AvgIpc) is 2.62. The molecular formula is C8H12F3N3O2. The number of hydrogen-bond donors (Lipinski definition) is 2. The van der Waals surface area contributed by atoms with Crippen molar-refractivity contribution in [3.8, 4) is 0 Å². The molecule has 5 nitrogen and oxygen atoms in total. The maximum absolute atomic E-state index is 11.9. The fourth-order valence-corrected chi connectivity index (χ4v) is 1.04. The van der Waals surface area contributed by atoms with Crippen molar-refractivity contribution in [3.63, 3.8) is 0 Å². The highest BCUT2D eigenvalue weighted by molar-refractivity contribution is 4.92. The van der Waals surface area contributed by atoms with E-state index in [0.29, 0.717) is 0 Å². The van der Waals surface area contributed by atoms with Crippen molar-refractivity contribution >= 4 is 0 Å². The van der Waals surface area contributed by atoms with E-state index in [0.717, 1.165) is 0 Å². The van der Waals surface area contributed by atoms with Crippen LogP contribution in [0.1, 0.15) is 30.6 Å². The third kappa shape index (κ3) is 4.15. The van der Waals surface area contributed by atoms with Crippen molar-refractivity contribution in [2.45, 2.75) is 31.5 Å². The van der Waals surface area contributed by atoms with Gasteiger partial charge in [0.15, 0.2) is 5.82 Å². The van der Waals surface area contributed by atoms with Crippen LogP contribution >= 0.6 is 0 Å². The molecule has 3 N–H and O–H groups in total. The Balaban J connectivity index is 2.51. The molecule has 0 aromatic carbocycles. The highest BCUT2D eigenvalue weighted by Gasteiger charge is 2.27. The standard InChI is InChI=1S/C8H12F3N3O2/c9-8(10,11)3-1-6-13-7(16-14-6)5(12)2-4-15/h5,15H,1-4,12H2. The molecule has 1 atom stereocenters. The fourth-order valence-electron chi connectivity index (χ4n) is 1.04. The van der Waals surface area contributed by atoms with Crippen LogP contribution in [0.25, 0.3) is 0 Å². The molecule has 1 heterocycles. The van der Waals surface area contributed by atoms with Gasteiger partial charge in [-0.2, -0.15) is 18.2 Å². The van der Waals surface area contributed by atoms with Crippen LogP contribution in [0.15, 0.2) is 4.52 Å². The van der Waals surface area contributed by atoms with Crippen LogP contribution in [0.5, 0.6) is 0 Å². The summed E-state index contributed by atoms with van der Waals surface area (Å²) in [6.07, 6.45) is -5.35. The van der Waals surface area contributed by atoms with E-state index in [1.54, 1.807) is 0 Å². The Morgan fingerprint density at radius 2 is 2.12 bits per heavy atom. The number of alkyl halides is 3. The number of halogens is 3. The summed E-state index contributed by atoms with van der Waals surface area (Å²) in [4.78, 5) is 3.72. The molecule has 0 fully saturated rings. The van der Waals surface area contributed by atoms with Crippen LogP contribution in [0.3, 0.4) is 0 Å². The molecular weight excluding hydrogens is 227 g/mol. The van der Waals surface area contributed by atoms with Gasteiger partial charge in [-0.3, -0.25) is 0 Å². The van der Waals surface area contributed by atoms with E-state index < -0.39 is 18.6 Å². The number of rotatable bonds is 5. The molecule has 0 radical (unpaired) electrons. The van der Waals surface area contributed by atoms with Gasteiger partial charge in [0.25, 0.3) is 0 Å². The molecule has 0 aliphatic heterocycles. The third-order valence-electron chi connectivity index (χ3n) is 1.87. The molecule has 1 rings (SSSR count). The molecule has 16 heavy (non-hydrogen) atoms. The topological polar surface area (TPSA) is 85.2 Å². The molecule has 0 bridgehead atoms. The van der Waals surface area contributed by atoms with Gasteiger partial charge in [-0.15, -0.1) is 0 Å². The SMILES string of the molecule is NC(CCO)c1nc(CCC(F)(F)F)no1. The molecule has 8 heteroatoms. The van der Waals surface area contributed by atoms with Crippen LogP contribution in [-0.4, -0.2) is 28.0 Å². The van der Waals surface area contributed by atoms with Crippen molar-refractivity contribution in [3.05, 3.63) is 11.7 Å². The minimum Gasteiger partial charge on any atom is -0.396 e. The predicted molar refractivity (Wildman–Crippen MR) is 47.3 cm³/mol. The van der Waals surface area contributed by atoms with Crippen LogP contribution in [0, 0.1) is 0 Å². The quantitative estimate of drug-likeness (QED) is 0.798. The minimum atomic E-state index is -4.24. The number of aliphatic hydroxyl groups excluding tert-OH is 1. The summed E-state index contributed by atoms with van der Waals surface area (Å²) in [6, 6.07) is -0.642. The Bertz CT molecular complexity index is 327. The zero-order valence-electron chi connectivity index (χ0n) is 8.37. The fraction of sp³-hybridized carbons (Fsp3) is 0.750. The van der Waals surface area contributed by atoms with Crippen molar-refractivity contribution in [2.75, 3.05) is 6.61 Å². The second-order valence-corrected chi connectivity index (χ2v) is 3.28. The van der Waals surface area contributed by atoms with Crippen molar-refractivity contribution < 1.29 is 22.8 Å². The Labute approximate surface area is 89.4 Å². The number of nitrogens with two attached hydrogens (primary N) is 1. The normalized spacial score (nSPS) is 14.1. The lowest BCUT2D eigenvalue weighted by Gasteiger charge is -2.02. The molecule has 0 aliphatic rings. The lowest BCUT2D eigenvalue weighted by molar-refractivity contribution is -0.134. The summed E-state index contributed by atoms with van der Waals surface area (Å²) in [5.41, 5.74) is 5.52. The average molecular weight is 239 g/mol. The number of aromatic nitrogens is 2. The minimum absolute atomic E-state index is 0.0271. The lowest BCUT2D eigenvalue weighted by atomic mass is 10.2. The van der Waals surface area contributed by atoms with Gasteiger partial charge in [-0.25, -0.2) is 0 Å². The van der Waals surface area contributed by atoms with E-state index in [-0.39, 0.29) is 31.2 Å². The first kappa shape index (κ1) is 12.9. The van der Waals surface area contributed by atoms with Gasteiger partial charge in [-0.1, -0.05) is 5.16 Å². The molecule has 92 valence electrons. The van der Waals surface area contributed by atoms with Crippen LogP contribution in [-0.2, 0) is 6.42 Å². The molecule has 1 unspecified atom stereocenters. The van der Waals surface area contributed by atoms with Crippen molar-refractivity contribution in [1.29, 1.82) is 0 Å². The Morgan fingerprint density at radius 1 is 1.44 bits per heavy atom. The highest BCUT2D eigenvalue weighted by atomic mass is 19.4. The van der Waals surface area contributed by atoms with Crippen LogP contribution < -0.4 is 5.73 Å². The summed E-state index contributed by atoms with van der Waals surface area (Å²) >= 11 is 0. The lowest BCUT2D eigenvalue weighted by Crippen LogP contribution is -2.12. The van der Waals surface area contributed by atoms with Gasteiger partial charge in [-0.05, 0) is 6.42 Å². The number of nitrogens with zero attached hydrogens (tertiary/aromatic N) is 2. The molecule has 0 saturated carbocycles. The first-order valence-corrected chi connectivity index (χ1v) is 4.68. The largest absolute Gasteiger partial charge is 0.396 e. The van der Waals surface area contributed by atoms with Gasteiger partial charge in [0.2, 0.25) is 5.89 Å². The van der Waals surface area contributed by atoms with Crippen molar-refractivity contribution in [2.24, 2.45) is 5.73 Å². The summed E-state index contributed by atoms with van der Waals surface area (Å²) in [7, 11) is 0. The third-order valence-corrected chi connectivity index (χ3v) is 1.87. The van der Waals surface area contributed by atoms with E-state index >= 15 is 0 Å². The van der Waals surface area contributed by atoms with Gasteiger partial charge in [0.1, 0.15) is 0 Å². The van der Waals surface area contributed by atoms with E-state index in [4.69, 9.17) is 10.8 Å². The summed E-state index contributed by atoms with van der Waals surface area (Å²) in [5, 5.41) is 12.0. The van der Waals surface area contributed by atoms with Gasteiger partial charge < -0.3 is 15.4 Å². The van der Waals surface area contributed by atoms with Gasteiger partial charge in [0.05, 0.1) is 12.5 Å². The van der Waals surface area contributed by atoms with Crippen LogP contribution in [0.4, 0.5) is 13.2 Å². The summed E-state index contributed by atoms with van der Waals surface area (Å²) in [6.45, 7) is -0.151. The zero-order valence-corrected chi connectivity index (χ0v) is 8.37. The second kappa shape index (κ2) is 5.26. The first-order chi connectivity index (χ1) is 7.42. The highest BCUT2D eigenvalue weighted by Crippen LogP contribution is 2.21. The first-order valence-electron chi connectivity index (χ1n) is 4.68. The summed E-state index contributed by atoms with van der Waals surface area (Å²) in [5.74, 6) is 0.0203. The van der Waals surface area contributed by atoms with E-state index in [1.165, 1.54) is 0 Å². The summed E-state index contributed by atoms with van der Waals surface area (Å²) < 4.78 is 40.3. The van der Waals surface area contributed by atoms with Gasteiger partial charge >= 0.3 is 6.18 Å². The van der Waals surface area contributed by atoms with Gasteiger partial charge in [0, 0.05) is 13.0 Å². The van der Waals surface area contributed by atoms with E-state index in [9.17, 15) is 13.2 Å². The smallest absolute Gasteiger partial charge is 0.389 e. The Kier molecular flexibility index (Phi) is 4.25. The predicted octanol–water partition coefficient (Wildman–Crippen LogP) is 0.947. The van der Waals surface area contributed by atoms with Crippen molar-refractivity contribution in [1.82, 2.24) is 10.1 Å². The number of hydrogen-bond acceptors (Lipinski definition) is 5. The Morgan fingerprint density at radius 3 is 2.69 bits per heavy atom. The monoisotopic (exact) mass is 239 g/mol. The number of aliphatic hydroxyl groups is 1. The maximum atomic E-state index is 11.9. The number of aryl methyl sites for hydroxylation is 1. The Hall–Kier alpha value is -1.15. The maximum Gasteiger partial charge on any atom is 0.389 e. The molecule has 0 amide bonds. The second-order valence-electron chi connectivity index (χ2n) is 3.28. The van der Waals surface area contributed by atoms with E-state index in [1.807, 2.05) is 0 Å². The molecule has 1 aromatic heterocycles. The molecule has 1 aromatic rings. The zero-order chi connectivity index (χ0) is 12.2. The molecule has 0 spiro atoms. The molecule has 0 saturated heterocycles. The van der Waals surface area contributed by atoms with E-state index in [2.05, 4.69) is 14.7 Å². The van der Waals surface area contributed by atoms with Crippen LogP contribution in [0.2, 0.25) is 0 Å². The molecule has 0 aliphatic carbocycles.